The highest BCUT2D eigenvalue weighted by molar-refractivity contribution is 5.49. The van der Waals surface area contributed by atoms with Gasteiger partial charge < -0.3 is 14.8 Å². The lowest BCUT2D eigenvalue weighted by molar-refractivity contribution is 0.173. The molecule has 1 aromatic carbocycles. The summed E-state index contributed by atoms with van der Waals surface area (Å²) >= 11 is 0. The van der Waals surface area contributed by atoms with Crippen LogP contribution < -0.4 is 14.8 Å². The Bertz CT molecular complexity index is 569. The van der Waals surface area contributed by atoms with E-state index in [1.807, 2.05) is 43.3 Å². The maximum atomic E-state index is 5.46. The summed E-state index contributed by atoms with van der Waals surface area (Å²) in [6.07, 6.45) is 0. The van der Waals surface area contributed by atoms with Crippen LogP contribution in [0.5, 0.6) is 11.5 Å². The predicted molar refractivity (Wildman–Crippen MR) is 68.9 cm³/mol. The molecule has 0 aliphatic carbocycles. The fourth-order valence-corrected chi connectivity index (χ4v) is 1.96. The van der Waals surface area contributed by atoms with Gasteiger partial charge in [-0.3, -0.25) is 0 Å². The molecule has 0 unspecified atom stereocenters. The Morgan fingerprint density at radius 1 is 1.17 bits per heavy atom. The van der Waals surface area contributed by atoms with E-state index in [4.69, 9.17) is 9.47 Å². The first kappa shape index (κ1) is 10.9. The fourth-order valence-electron chi connectivity index (χ4n) is 1.96. The second kappa shape index (κ2) is 4.56. The minimum Gasteiger partial charge on any atom is -0.454 e. The quantitative estimate of drug-likeness (QED) is 0.898. The van der Waals surface area contributed by atoms with Crippen LogP contribution in [0.25, 0.3) is 0 Å². The van der Waals surface area contributed by atoms with Crippen LogP contribution in [0.4, 0.5) is 5.82 Å². The molecule has 3 rings (SSSR count). The number of anilines is 1. The molecule has 2 aromatic rings. The third-order valence-electron chi connectivity index (χ3n) is 2.83. The fraction of sp³-hybridized carbons (Fsp3) is 0.214. The van der Waals surface area contributed by atoms with Crippen molar-refractivity contribution in [3.63, 3.8) is 0 Å². The Morgan fingerprint density at radius 3 is 2.94 bits per heavy atom. The van der Waals surface area contributed by atoms with Crippen LogP contribution in [-0.4, -0.2) is 11.8 Å². The Balaban J connectivity index is 1.76. The SMILES string of the molecule is Cc1cccc(NCc2cccc3c2OCO3)n1. The molecule has 4 nitrogen and oxygen atoms in total. The number of fused-ring (bicyclic) bond motifs is 1. The molecule has 0 bridgehead atoms. The van der Waals surface area contributed by atoms with Crippen LogP contribution in [0.2, 0.25) is 0 Å². The van der Waals surface area contributed by atoms with Gasteiger partial charge in [-0.2, -0.15) is 0 Å². The molecule has 1 aliphatic rings. The van der Waals surface area contributed by atoms with E-state index in [1.165, 1.54) is 0 Å². The Morgan fingerprint density at radius 2 is 2.06 bits per heavy atom. The van der Waals surface area contributed by atoms with E-state index in [1.54, 1.807) is 0 Å². The number of hydrogen-bond donors (Lipinski definition) is 1. The molecular weight excluding hydrogens is 228 g/mol. The molecule has 1 aromatic heterocycles. The maximum absolute atomic E-state index is 5.46. The van der Waals surface area contributed by atoms with Gasteiger partial charge in [0.15, 0.2) is 11.5 Å². The molecule has 18 heavy (non-hydrogen) atoms. The van der Waals surface area contributed by atoms with Crippen LogP contribution in [0.1, 0.15) is 11.3 Å². The highest BCUT2D eigenvalue weighted by atomic mass is 16.7. The molecular formula is C14H14N2O2. The molecule has 2 heterocycles. The lowest BCUT2D eigenvalue weighted by Crippen LogP contribution is -2.03. The number of nitrogens with one attached hydrogen (secondary N) is 1. The number of aromatic nitrogens is 1. The van der Waals surface area contributed by atoms with E-state index in [2.05, 4.69) is 10.3 Å². The molecule has 0 atom stereocenters. The van der Waals surface area contributed by atoms with Crippen molar-refractivity contribution >= 4 is 5.82 Å². The Kier molecular flexibility index (Phi) is 2.76. The molecule has 4 heteroatoms. The van der Waals surface area contributed by atoms with Gasteiger partial charge in [0.25, 0.3) is 0 Å². The molecule has 1 aliphatic heterocycles. The topological polar surface area (TPSA) is 43.4 Å². The monoisotopic (exact) mass is 242 g/mol. The summed E-state index contributed by atoms with van der Waals surface area (Å²) in [5, 5.41) is 3.28. The van der Waals surface area contributed by atoms with Gasteiger partial charge in [0.1, 0.15) is 5.82 Å². The van der Waals surface area contributed by atoms with E-state index in [-0.39, 0.29) is 0 Å². The standard InChI is InChI=1S/C14H14N2O2/c1-10-4-2-7-13(16-10)15-8-11-5-3-6-12-14(11)18-9-17-12/h2-7H,8-9H2,1H3,(H,15,16). The van der Waals surface area contributed by atoms with E-state index in [0.29, 0.717) is 13.3 Å². The second-order valence-corrected chi connectivity index (χ2v) is 4.17. The van der Waals surface area contributed by atoms with E-state index >= 15 is 0 Å². The zero-order chi connectivity index (χ0) is 12.4. The van der Waals surface area contributed by atoms with E-state index in [0.717, 1.165) is 28.6 Å². The van der Waals surface area contributed by atoms with Crippen molar-refractivity contribution in [2.24, 2.45) is 0 Å². The van der Waals surface area contributed by atoms with Gasteiger partial charge in [-0.15, -0.1) is 0 Å². The van der Waals surface area contributed by atoms with Crippen molar-refractivity contribution in [2.75, 3.05) is 12.1 Å². The number of rotatable bonds is 3. The van der Waals surface area contributed by atoms with Gasteiger partial charge >= 0.3 is 0 Å². The zero-order valence-corrected chi connectivity index (χ0v) is 10.1. The van der Waals surface area contributed by atoms with Crippen molar-refractivity contribution in [1.29, 1.82) is 0 Å². The first-order valence-electron chi connectivity index (χ1n) is 5.88. The highest BCUT2D eigenvalue weighted by Crippen LogP contribution is 2.35. The highest BCUT2D eigenvalue weighted by Gasteiger charge is 2.16. The number of nitrogens with zero attached hydrogens (tertiary/aromatic N) is 1. The average molecular weight is 242 g/mol. The smallest absolute Gasteiger partial charge is 0.231 e. The molecule has 0 radical (unpaired) electrons. The summed E-state index contributed by atoms with van der Waals surface area (Å²) in [7, 11) is 0. The third-order valence-corrected chi connectivity index (χ3v) is 2.83. The summed E-state index contributed by atoms with van der Waals surface area (Å²) < 4.78 is 10.8. The predicted octanol–water partition coefficient (Wildman–Crippen LogP) is 2.73. The number of para-hydroxylation sites is 1. The first-order valence-corrected chi connectivity index (χ1v) is 5.88. The first-order chi connectivity index (χ1) is 8.83. The van der Waals surface area contributed by atoms with Crippen LogP contribution in [0.15, 0.2) is 36.4 Å². The van der Waals surface area contributed by atoms with Gasteiger partial charge in [0.05, 0.1) is 0 Å². The number of hydrogen-bond acceptors (Lipinski definition) is 4. The van der Waals surface area contributed by atoms with Crippen molar-refractivity contribution in [3.05, 3.63) is 47.7 Å². The minimum atomic E-state index is 0.301. The van der Waals surface area contributed by atoms with E-state index < -0.39 is 0 Å². The molecule has 0 spiro atoms. The van der Waals surface area contributed by atoms with Crippen molar-refractivity contribution in [1.82, 2.24) is 4.98 Å². The molecule has 1 N–H and O–H groups in total. The lowest BCUT2D eigenvalue weighted by Gasteiger charge is -2.08. The molecule has 0 fully saturated rings. The number of aryl methyl sites for hydroxylation is 1. The van der Waals surface area contributed by atoms with Crippen LogP contribution in [0, 0.1) is 6.92 Å². The largest absolute Gasteiger partial charge is 0.454 e. The van der Waals surface area contributed by atoms with Crippen LogP contribution >= 0.6 is 0 Å². The van der Waals surface area contributed by atoms with Crippen LogP contribution in [-0.2, 0) is 6.54 Å². The summed E-state index contributed by atoms with van der Waals surface area (Å²) in [4.78, 5) is 4.40. The van der Waals surface area contributed by atoms with Gasteiger partial charge in [0, 0.05) is 17.8 Å². The van der Waals surface area contributed by atoms with Gasteiger partial charge in [-0.1, -0.05) is 18.2 Å². The minimum absolute atomic E-state index is 0.301. The van der Waals surface area contributed by atoms with Gasteiger partial charge in [0.2, 0.25) is 6.79 Å². The molecule has 92 valence electrons. The summed E-state index contributed by atoms with van der Waals surface area (Å²) in [6.45, 7) is 2.94. The second-order valence-electron chi connectivity index (χ2n) is 4.17. The molecule has 0 amide bonds. The van der Waals surface area contributed by atoms with E-state index in [9.17, 15) is 0 Å². The number of benzene rings is 1. The number of pyridine rings is 1. The maximum Gasteiger partial charge on any atom is 0.231 e. The third kappa shape index (κ3) is 2.09. The normalized spacial score (nSPS) is 12.5. The van der Waals surface area contributed by atoms with Crippen molar-refractivity contribution in [2.45, 2.75) is 13.5 Å². The van der Waals surface area contributed by atoms with Crippen molar-refractivity contribution < 1.29 is 9.47 Å². The summed E-state index contributed by atoms with van der Waals surface area (Å²) in [5.74, 6) is 2.51. The number of ether oxygens (including phenoxy) is 2. The Labute approximate surface area is 106 Å². The van der Waals surface area contributed by atoms with Crippen molar-refractivity contribution in [3.8, 4) is 11.5 Å². The van der Waals surface area contributed by atoms with Gasteiger partial charge in [-0.05, 0) is 25.1 Å². The summed E-state index contributed by atoms with van der Waals surface area (Å²) in [6, 6.07) is 11.8. The van der Waals surface area contributed by atoms with Crippen LogP contribution in [0.3, 0.4) is 0 Å². The molecule has 0 saturated carbocycles. The lowest BCUT2D eigenvalue weighted by atomic mass is 10.2. The summed E-state index contributed by atoms with van der Waals surface area (Å²) in [5.41, 5.74) is 2.08. The Hall–Kier alpha value is -2.23. The molecule has 0 saturated heterocycles. The van der Waals surface area contributed by atoms with Gasteiger partial charge in [-0.25, -0.2) is 4.98 Å². The average Bonchev–Trinajstić information content (AvgIpc) is 2.85. The zero-order valence-electron chi connectivity index (χ0n) is 10.1.